The Bertz CT molecular complexity index is 992. The molecular weight excluding hydrogens is 426 g/mol. The van der Waals surface area contributed by atoms with Crippen LogP contribution in [0.4, 0.5) is 5.69 Å². The van der Waals surface area contributed by atoms with Gasteiger partial charge in [0.05, 0.1) is 11.9 Å². The second-order valence-electron chi connectivity index (χ2n) is 7.85. The molecule has 0 saturated carbocycles. The number of likely N-dealkylation sites (N-methyl/N-ethyl adjacent to an activating group) is 1. The maximum Gasteiger partial charge on any atom is 0.242 e. The van der Waals surface area contributed by atoms with E-state index in [0.29, 0.717) is 25.2 Å². The number of hydrogen-bond acceptors (Lipinski definition) is 4. The van der Waals surface area contributed by atoms with Crippen LogP contribution in [-0.2, 0) is 26.2 Å². The summed E-state index contributed by atoms with van der Waals surface area (Å²) < 4.78 is 25.8. The number of amides is 2. The van der Waals surface area contributed by atoms with Gasteiger partial charge in [0.15, 0.2) is 0 Å². The van der Waals surface area contributed by atoms with Gasteiger partial charge in [-0.2, -0.15) is 0 Å². The highest BCUT2D eigenvalue weighted by Crippen LogP contribution is 2.18. The van der Waals surface area contributed by atoms with Crippen molar-refractivity contribution < 1.29 is 18.0 Å². The Labute approximate surface area is 191 Å². The fraction of sp³-hybridized carbons (Fsp3) is 0.417. The molecule has 1 atom stereocenters. The normalized spacial score (nSPS) is 12.1. The summed E-state index contributed by atoms with van der Waals surface area (Å²) >= 11 is 0. The number of benzene rings is 2. The van der Waals surface area contributed by atoms with Crippen LogP contribution in [0.3, 0.4) is 0 Å². The first-order valence-electron chi connectivity index (χ1n) is 10.8. The summed E-state index contributed by atoms with van der Waals surface area (Å²) in [5.74, 6) is -0.402. The summed E-state index contributed by atoms with van der Waals surface area (Å²) in [7, 11) is -3.48. The first kappa shape index (κ1) is 25.4. The predicted octanol–water partition coefficient (Wildman–Crippen LogP) is 3.09. The molecule has 0 heterocycles. The molecule has 0 fully saturated rings. The third-order valence-electron chi connectivity index (χ3n) is 5.19. The number of anilines is 1. The molecule has 32 heavy (non-hydrogen) atoms. The number of hydrogen-bond donors (Lipinski definition) is 1. The number of para-hydroxylation sites is 1. The molecule has 0 aliphatic carbocycles. The van der Waals surface area contributed by atoms with Gasteiger partial charge in [-0.15, -0.1) is 0 Å². The van der Waals surface area contributed by atoms with Gasteiger partial charge in [-0.25, -0.2) is 8.42 Å². The summed E-state index contributed by atoms with van der Waals surface area (Å²) in [6.45, 7) is 6.51. The van der Waals surface area contributed by atoms with Crippen LogP contribution in [0, 0.1) is 6.92 Å². The highest BCUT2D eigenvalue weighted by molar-refractivity contribution is 7.92. The van der Waals surface area contributed by atoms with E-state index >= 15 is 0 Å². The van der Waals surface area contributed by atoms with Crippen molar-refractivity contribution in [3.63, 3.8) is 0 Å². The number of nitrogens with one attached hydrogen (secondary N) is 1. The number of carbonyl (C=O) groups excluding carboxylic acids is 2. The minimum absolute atomic E-state index is 0.133. The Balaban J connectivity index is 2.12. The second kappa shape index (κ2) is 11.7. The van der Waals surface area contributed by atoms with Crippen LogP contribution < -0.4 is 9.62 Å². The SMILES string of the molecule is CCNC(=O)[C@H](C)N(Cc1ccc(C)cc1)C(=O)CCCN(c1ccccc1)S(C)(=O)=O. The lowest BCUT2D eigenvalue weighted by molar-refractivity contribution is -0.140. The molecule has 2 aromatic carbocycles. The van der Waals surface area contributed by atoms with Crippen molar-refractivity contribution in [3.8, 4) is 0 Å². The van der Waals surface area contributed by atoms with E-state index in [1.807, 2.05) is 44.2 Å². The monoisotopic (exact) mass is 459 g/mol. The van der Waals surface area contributed by atoms with Gasteiger partial charge in [-0.1, -0.05) is 48.0 Å². The van der Waals surface area contributed by atoms with Gasteiger partial charge in [0.1, 0.15) is 6.04 Å². The highest BCUT2D eigenvalue weighted by Gasteiger charge is 2.26. The van der Waals surface area contributed by atoms with Crippen molar-refractivity contribution in [2.24, 2.45) is 0 Å². The molecule has 7 nitrogen and oxygen atoms in total. The minimum Gasteiger partial charge on any atom is -0.355 e. The van der Waals surface area contributed by atoms with Crippen molar-refractivity contribution in [1.82, 2.24) is 10.2 Å². The smallest absolute Gasteiger partial charge is 0.242 e. The van der Waals surface area contributed by atoms with E-state index < -0.39 is 16.1 Å². The van der Waals surface area contributed by atoms with E-state index in [9.17, 15) is 18.0 Å². The lowest BCUT2D eigenvalue weighted by Crippen LogP contribution is -2.47. The molecule has 0 spiro atoms. The molecule has 174 valence electrons. The van der Waals surface area contributed by atoms with Crippen LogP contribution >= 0.6 is 0 Å². The molecule has 0 aliphatic rings. The standard InChI is InChI=1S/C24H33N3O4S/c1-5-25-24(29)20(3)26(18-21-15-13-19(2)14-16-21)23(28)12-9-17-27(32(4,30)31)22-10-7-6-8-11-22/h6-8,10-11,13-16,20H,5,9,12,17-18H2,1-4H3,(H,25,29)/t20-/m0/s1. The van der Waals surface area contributed by atoms with E-state index in [4.69, 9.17) is 0 Å². The summed E-state index contributed by atoms with van der Waals surface area (Å²) in [5.41, 5.74) is 2.61. The fourth-order valence-corrected chi connectivity index (χ4v) is 4.36. The van der Waals surface area contributed by atoms with Crippen LogP contribution in [0.15, 0.2) is 54.6 Å². The average molecular weight is 460 g/mol. The van der Waals surface area contributed by atoms with Crippen LogP contribution in [0.5, 0.6) is 0 Å². The van der Waals surface area contributed by atoms with Crippen LogP contribution in [-0.4, -0.2) is 50.5 Å². The molecule has 0 radical (unpaired) electrons. The van der Waals surface area contributed by atoms with Gasteiger partial charge in [0.25, 0.3) is 0 Å². The molecule has 1 N–H and O–H groups in total. The molecule has 2 amide bonds. The molecule has 8 heteroatoms. The molecule has 0 aliphatic heterocycles. The molecule has 0 aromatic heterocycles. The number of carbonyl (C=O) groups is 2. The van der Waals surface area contributed by atoms with Gasteiger partial charge in [0, 0.05) is 26.1 Å². The average Bonchev–Trinajstić information content (AvgIpc) is 2.75. The number of nitrogens with zero attached hydrogens (tertiary/aromatic N) is 2. The Morgan fingerprint density at radius 2 is 1.66 bits per heavy atom. The molecular formula is C24H33N3O4S. The van der Waals surface area contributed by atoms with E-state index in [1.54, 1.807) is 36.1 Å². The summed E-state index contributed by atoms with van der Waals surface area (Å²) in [4.78, 5) is 27.1. The Morgan fingerprint density at radius 3 is 2.22 bits per heavy atom. The first-order chi connectivity index (χ1) is 15.1. The molecule has 2 aromatic rings. The summed E-state index contributed by atoms with van der Waals surface area (Å²) in [5, 5.41) is 2.77. The third-order valence-corrected chi connectivity index (χ3v) is 6.38. The summed E-state index contributed by atoms with van der Waals surface area (Å²) in [6, 6.07) is 16.0. The fourth-order valence-electron chi connectivity index (χ4n) is 3.39. The zero-order valence-corrected chi connectivity index (χ0v) is 20.1. The number of sulfonamides is 1. The largest absolute Gasteiger partial charge is 0.355 e. The molecule has 2 rings (SSSR count). The number of aryl methyl sites for hydroxylation is 1. The Hall–Kier alpha value is -2.87. The van der Waals surface area contributed by atoms with Gasteiger partial charge in [-0.3, -0.25) is 13.9 Å². The first-order valence-corrected chi connectivity index (χ1v) is 12.6. The van der Waals surface area contributed by atoms with Crippen molar-refractivity contribution in [1.29, 1.82) is 0 Å². The van der Waals surface area contributed by atoms with E-state index in [1.165, 1.54) is 4.31 Å². The Morgan fingerprint density at radius 1 is 1.03 bits per heavy atom. The summed E-state index contributed by atoms with van der Waals surface area (Å²) in [6.07, 6.45) is 1.63. The van der Waals surface area contributed by atoms with Gasteiger partial charge in [-0.05, 0) is 44.9 Å². The maximum absolute atomic E-state index is 13.1. The highest BCUT2D eigenvalue weighted by atomic mass is 32.2. The van der Waals surface area contributed by atoms with Crippen molar-refractivity contribution in [2.75, 3.05) is 23.7 Å². The quantitative estimate of drug-likeness (QED) is 0.559. The van der Waals surface area contributed by atoms with E-state index in [2.05, 4.69) is 5.32 Å². The van der Waals surface area contributed by atoms with Crippen LogP contribution in [0.25, 0.3) is 0 Å². The zero-order chi connectivity index (χ0) is 23.7. The van der Waals surface area contributed by atoms with E-state index in [-0.39, 0.29) is 24.8 Å². The molecule has 0 saturated heterocycles. The third kappa shape index (κ3) is 7.37. The van der Waals surface area contributed by atoms with Crippen LogP contribution in [0.2, 0.25) is 0 Å². The lowest BCUT2D eigenvalue weighted by Gasteiger charge is -2.29. The zero-order valence-electron chi connectivity index (χ0n) is 19.2. The maximum atomic E-state index is 13.1. The van der Waals surface area contributed by atoms with Gasteiger partial charge >= 0.3 is 0 Å². The molecule has 0 unspecified atom stereocenters. The lowest BCUT2D eigenvalue weighted by atomic mass is 10.1. The molecule has 0 bridgehead atoms. The van der Waals surface area contributed by atoms with Crippen molar-refractivity contribution >= 4 is 27.5 Å². The van der Waals surface area contributed by atoms with Crippen molar-refractivity contribution in [2.45, 2.75) is 46.2 Å². The second-order valence-corrected chi connectivity index (χ2v) is 9.76. The Kier molecular flexibility index (Phi) is 9.26. The van der Waals surface area contributed by atoms with Crippen molar-refractivity contribution in [3.05, 3.63) is 65.7 Å². The minimum atomic E-state index is -3.48. The predicted molar refractivity (Wildman–Crippen MR) is 128 cm³/mol. The topological polar surface area (TPSA) is 86.8 Å². The van der Waals surface area contributed by atoms with Gasteiger partial charge in [0.2, 0.25) is 21.8 Å². The van der Waals surface area contributed by atoms with Crippen LogP contribution in [0.1, 0.15) is 37.8 Å². The van der Waals surface area contributed by atoms with E-state index in [0.717, 1.165) is 17.4 Å². The number of rotatable bonds is 11. The van der Waals surface area contributed by atoms with Gasteiger partial charge < -0.3 is 10.2 Å².